The van der Waals surface area contributed by atoms with Crippen molar-refractivity contribution in [3.63, 3.8) is 0 Å². The smallest absolute Gasteiger partial charge is 0.142 e. The molecular formula is C27H21N3O2. The molecule has 0 aliphatic carbocycles. The zero-order valence-corrected chi connectivity index (χ0v) is 17.3. The molecule has 5 nitrogen and oxygen atoms in total. The van der Waals surface area contributed by atoms with Crippen LogP contribution in [0.1, 0.15) is 34.2 Å². The van der Waals surface area contributed by atoms with Gasteiger partial charge in [-0.3, -0.25) is 0 Å². The average Bonchev–Trinajstić information content (AvgIpc) is 3.46. The van der Waals surface area contributed by atoms with E-state index in [4.69, 9.17) is 4.63 Å². The van der Waals surface area contributed by atoms with Gasteiger partial charge in [-0.05, 0) is 45.2 Å². The number of benzene rings is 4. The first-order valence-electron chi connectivity index (χ1n) is 10.7. The minimum Gasteiger partial charge on any atom is -0.508 e. The van der Waals surface area contributed by atoms with Crippen molar-refractivity contribution in [1.29, 1.82) is 0 Å². The second-order valence-electron chi connectivity index (χ2n) is 8.12. The maximum Gasteiger partial charge on any atom is 0.142 e. The molecule has 0 fully saturated rings. The normalized spacial score (nSPS) is 15.4. The van der Waals surface area contributed by atoms with Gasteiger partial charge in [0.05, 0.1) is 6.04 Å². The summed E-state index contributed by atoms with van der Waals surface area (Å²) in [5, 5.41) is 18.9. The Labute approximate surface area is 185 Å². The maximum absolute atomic E-state index is 10.8. The highest BCUT2D eigenvalue weighted by atomic mass is 16.6. The minimum atomic E-state index is -0.0586. The molecule has 6 rings (SSSR count). The van der Waals surface area contributed by atoms with E-state index in [1.165, 1.54) is 11.1 Å². The number of para-hydroxylation sites is 1. The molecule has 1 aromatic heterocycles. The van der Waals surface area contributed by atoms with Gasteiger partial charge < -0.3 is 10.0 Å². The van der Waals surface area contributed by atoms with E-state index < -0.39 is 0 Å². The summed E-state index contributed by atoms with van der Waals surface area (Å²) in [7, 11) is 0. The molecule has 1 atom stereocenters. The summed E-state index contributed by atoms with van der Waals surface area (Å²) < 4.78 is 5.00. The number of phenolic OH excluding ortho intramolecular Hbond substituents is 1. The van der Waals surface area contributed by atoms with Crippen molar-refractivity contribution in [2.24, 2.45) is 0 Å². The number of hydrogen-bond donors (Lipinski definition) is 1. The highest BCUT2D eigenvalue weighted by Gasteiger charge is 2.37. The predicted octanol–water partition coefficient (Wildman–Crippen LogP) is 5.67. The van der Waals surface area contributed by atoms with Crippen LogP contribution in [0, 0.1) is 0 Å². The van der Waals surface area contributed by atoms with Gasteiger partial charge in [0.25, 0.3) is 0 Å². The number of rotatable bonds is 4. The van der Waals surface area contributed by atoms with Crippen LogP contribution >= 0.6 is 0 Å². The van der Waals surface area contributed by atoms with E-state index in [9.17, 15) is 5.11 Å². The van der Waals surface area contributed by atoms with Crippen LogP contribution in [0.25, 0.3) is 11.0 Å². The van der Waals surface area contributed by atoms with Crippen LogP contribution in [0.5, 0.6) is 5.75 Å². The summed E-state index contributed by atoms with van der Waals surface area (Å²) in [4.78, 5) is 2.43. The fourth-order valence-electron chi connectivity index (χ4n) is 4.96. The van der Waals surface area contributed by atoms with Crippen molar-refractivity contribution in [2.45, 2.75) is 12.0 Å². The zero-order chi connectivity index (χ0) is 21.5. The molecule has 0 radical (unpaired) electrons. The van der Waals surface area contributed by atoms with Gasteiger partial charge in [0, 0.05) is 23.7 Å². The summed E-state index contributed by atoms with van der Waals surface area (Å²) >= 11 is 0. The van der Waals surface area contributed by atoms with Crippen LogP contribution in [0.2, 0.25) is 0 Å². The lowest BCUT2D eigenvalue weighted by atomic mass is 9.91. The molecule has 0 saturated carbocycles. The Bertz CT molecular complexity index is 1340. The first-order chi connectivity index (χ1) is 15.8. The second kappa shape index (κ2) is 7.54. The van der Waals surface area contributed by atoms with Crippen molar-refractivity contribution in [2.75, 3.05) is 11.4 Å². The first kappa shape index (κ1) is 18.6. The van der Waals surface area contributed by atoms with E-state index in [1.807, 2.05) is 18.2 Å². The van der Waals surface area contributed by atoms with Gasteiger partial charge in [-0.25, -0.2) is 4.63 Å². The molecule has 4 aromatic carbocycles. The Kier molecular flexibility index (Phi) is 4.39. The molecule has 0 amide bonds. The van der Waals surface area contributed by atoms with Crippen LogP contribution in [0.4, 0.5) is 5.69 Å². The number of anilines is 1. The number of nitrogens with zero attached hydrogens (tertiary/aromatic N) is 3. The third-order valence-corrected chi connectivity index (χ3v) is 6.34. The molecule has 1 aliphatic heterocycles. The number of aromatic hydroxyl groups is 1. The highest BCUT2D eigenvalue weighted by Crippen LogP contribution is 2.48. The van der Waals surface area contributed by atoms with Gasteiger partial charge in [0.2, 0.25) is 0 Å². The molecule has 0 bridgehead atoms. The topological polar surface area (TPSA) is 62.4 Å². The van der Waals surface area contributed by atoms with Crippen LogP contribution in [-0.2, 0) is 0 Å². The molecule has 156 valence electrons. The fraction of sp³-hybridized carbons (Fsp3) is 0.111. The largest absolute Gasteiger partial charge is 0.508 e. The summed E-state index contributed by atoms with van der Waals surface area (Å²) in [5.41, 5.74) is 6.79. The van der Waals surface area contributed by atoms with Crippen LogP contribution < -0.4 is 4.90 Å². The lowest BCUT2D eigenvalue weighted by Crippen LogP contribution is -2.28. The molecule has 32 heavy (non-hydrogen) atoms. The second-order valence-corrected chi connectivity index (χ2v) is 8.12. The molecule has 1 N–H and O–H groups in total. The Balaban J connectivity index is 1.53. The van der Waals surface area contributed by atoms with E-state index in [-0.39, 0.29) is 17.7 Å². The fourth-order valence-corrected chi connectivity index (χ4v) is 4.96. The third kappa shape index (κ3) is 2.94. The number of aromatic nitrogens is 2. The Hall–Kier alpha value is -4.12. The third-order valence-electron chi connectivity index (χ3n) is 6.34. The monoisotopic (exact) mass is 419 g/mol. The SMILES string of the molecule is Oc1ccc2nonc2c1C1CN(C(c2ccccc2)c2ccccc2)c2ccccc21. The summed E-state index contributed by atoms with van der Waals surface area (Å²) in [6, 6.07) is 33.0. The predicted molar refractivity (Wildman–Crippen MR) is 124 cm³/mol. The lowest BCUT2D eigenvalue weighted by Gasteiger charge is -2.32. The molecule has 1 aliphatic rings. The van der Waals surface area contributed by atoms with Crippen LogP contribution in [-0.4, -0.2) is 22.0 Å². The number of phenols is 1. The number of fused-ring (bicyclic) bond motifs is 2. The van der Waals surface area contributed by atoms with Crippen molar-refractivity contribution in [3.05, 3.63) is 119 Å². The summed E-state index contributed by atoms with van der Waals surface area (Å²) in [6.45, 7) is 0.702. The number of hydrogen-bond acceptors (Lipinski definition) is 5. The summed E-state index contributed by atoms with van der Waals surface area (Å²) in [6.07, 6.45) is 0. The Morgan fingerprint density at radius 2 is 1.44 bits per heavy atom. The van der Waals surface area contributed by atoms with Gasteiger partial charge >= 0.3 is 0 Å². The Morgan fingerprint density at radius 1 is 0.781 bits per heavy atom. The van der Waals surface area contributed by atoms with Gasteiger partial charge in [-0.15, -0.1) is 0 Å². The molecule has 0 spiro atoms. The van der Waals surface area contributed by atoms with E-state index in [2.05, 4.69) is 81.9 Å². The van der Waals surface area contributed by atoms with E-state index in [0.717, 1.165) is 16.8 Å². The van der Waals surface area contributed by atoms with Crippen LogP contribution in [0.3, 0.4) is 0 Å². The summed E-state index contributed by atoms with van der Waals surface area (Å²) in [5.74, 6) is 0.155. The van der Waals surface area contributed by atoms with Gasteiger partial charge in [-0.2, -0.15) is 0 Å². The van der Waals surface area contributed by atoms with E-state index >= 15 is 0 Å². The standard InChI is InChI=1S/C27H21N3O2/c31-24-16-15-22-26(29-32-28-22)25(24)21-17-30(23-14-8-7-13-20(21)23)27(18-9-3-1-4-10-18)19-11-5-2-6-12-19/h1-16,21,27,31H,17H2. The van der Waals surface area contributed by atoms with Crippen LogP contribution in [0.15, 0.2) is 102 Å². The molecular weight excluding hydrogens is 398 g/mol. The first-order valence-corrected chi connectivity index (χ1v) is 10.7. The average molecular weight is 419 g/mol. The minimum absolute atomic E-state index is 0.0420. The van der Waals surface area contributed by atoms with Crippen molar-refractivity contribution >= 4 is 16.7 Å². The molecule has 1 unspecified atom stereocenters. The van der Waals surface area contributed by atoms with Crippen molar-refractivity contribution in [1.82, 2.24) is 10.3 Å². The highest BCUT2D eigenvalue weighted by molar-refractivity contribution is 5.82. The molecule has 0 saturated heterocycles. The maximum atomic E-state index is 10.8. The Morgan fingerprint density at radius 3 is 2.16 bits per heavy atom. The van der Waals surface area contributed by atoms with Gasteiger partial charge in [-0.1, -0.05) is 78.9 Å². The van der Waals surface area contributed by atoms with E-state index in [0.29, 0.717) is 17.6 Å². The van der Waals surface area contributed by atoms with Crippen molar-refractivity contribution in [3.8, 4) is 5.75 Å². The van der Waals surface area contributed by atoms with Crippen molar-refractivity contribution < 1.29 is 9.74 Å². The lowest BCUT2D eigenvalue weighted by molar-refractivity contribution is 0.315. The molecule has 2 heterocycles. The van der Waals surface area contributed by atoms with Gasteiger partial charge in [0.15, 0.2) is 0 Å². The molecule has 5 heteroatoms. The van der Waals surface area contributed by atoms with E-state index in [1.54, 1.807) is 12.1 Å². The zero-order valence-electron chi connectivity index (χ0n) is 17.3. The quantitative estimate of drug-likeness (QED) is 0.407. The molecule has 5 aromatic rings. The van der Waals surface area contributed by atoms with Gasteiger partial charge in [0.1, 0.15) is 16.8 Å².